The standard InChI is InChI=1S/C16H26N6O/c1-3-10-23-11-9-20-5-7-21(8-6-20)15-12-14(4-2)19-22-13-17-18-16(15)22/h12-13H,3-11H2,1-2H3. The van der Waals surface area contributed by atoms with Crippen LogP contribution in [0.15, 0.2) is 12.4 Å². The van der Waals surface area contributed by atoms with Crippen LogP contribution in [0.4, 0.5) is 5.69 Å². The van der Waals surface area contributed by atoms with E-state index in [1.165, 1.54) is 0 Å². The number of aryl methyl sites for hydroxylation is 1. The van der Waals surface area contributed by atoms with Gasteiger partial charge in [-0.25, -0.2) is 0 Å². The summed E-state index contributed by atoms with van der Waals surface area (Å²) < 4.78 is 7.38. The highest BCUT2D eigenvalue weighted by molar-refractivity contribution is 5.68. The number of aromatic nitrogens is 4. The number of anilines is 1. The number of hydrogen-bond donors (Lipinski definition) is 0. The van der Waals surface area contributed by atoms with Gasteiger partial charge in [-0.2, -0.15) is 9.61 Å². The molecule has 126 valence electrons. The van der Waals surface area contributed by atoms with Crippen molar-refractivity contribution in [3.8, 4) is 0 Å². The Morgan fingerprint density at radius 1 is 1.13 bits per heavy atom. The third kappa shape index (κ3) is 3.79. The summed E-state index contributed by atoms with van der Waals surface area (Å²) in [6, 6.07) is 2.16. The SMILES string of the molecule is CCCOCCN1CCN(c2cc(CC)nn3cnnc23)CC1. The van der Waals surface area contributed by atoms with Gasteiger partial charge in [-0.1, -0.05) is 13.8 Å². The maximum absolute atomic E-state index is 5.59. The van der Waals surface area contributed by atoms with Crippen molar-refractivity contribution in [2.45, 2.75) is 26.7 Å². The molecule has 0 unspecified atom stereocenters. The van der Waals surface area contributed by atoms with Gasteiger partial charge in [0.05, 0.1) is 18.0 Å². The van der Waals surface area contributed by atoms with Gasteiger partial charge in [0, 0.05) is 39.3 Å². The normalized spacial score (nSPS) is 16.3. The van der Waals surface area contributed by atoms with Crippen molar-refractivity contribution in [3.63, 3.8) is 0 Å². The fourth-order valence-electron chi connectivity index (χ4n) is 2.92. The number of nitrogens with zero attached hydrogens (tertiary/aromatic N) is 6. The lowest BCUT2D eigenvalue weighted by atomic mass is 10.2. The molecule has 0 bridgehead atoms. The van der Waals surface area contributed by atoms with Gasteiger partial charge in [0.1, 0.15) is 6.33 Å². The Morgan fingerprint density at radius 3 is 2.70 bits per heavy atom. The maximum atomic E-state index is 5.59. The lowest BCUT2D eigenvalue weighted by Crippen LogP contribution is -2.47. The van der Waals surface area contributed by atoms with Crippen LogP contribution in [-0.4, -0.2) is 70.6 Å². The zero-order valence-corrected chi connectivity index (χ0v) is 14.1. The Bertz CT molecular complexity index is 620. The minimum Gasteiger partial charge on any atom is -0.380 e. The average molecular weight is 318 g/mol. The predicted octanol–water partition coefficient (Wildman–Crippen LogP) is 1.24. The van der Waals surface area contributed by atoms with Gasteiger partial charge in [0.15, 0.2) is 0 Å². The number of fused-ring (bicyclic) bond motifs is 1. The Kier molecular flexibility index (Phi) is 5.40. The Hall–Kier alpha value is -1.73. The predicted molar refractivity (Wildman–Crippen MR) is 89.9 cm³/mol. The van der Waals surface area contributed by atoms with Crippen molar-refractivity contribution in [2.24, 2.45) is 0 Å². The average Bonchev–Trinajstić information content (AvgIpc) is 3.07. The minimum atomic E-state index is 0.831. The molecule has 0 saturated carbocycles. The Balaban J connectivity index is 1.62. The molecule has 23 heavy (non-hydrogen) atoms. The van der Waals surface area contributed by atoms with Crippen LogP contribution in [0.25, 0.3) is 5.65 Å². The lowest BCUT2D eigenvalue weighted by molar-refractivity contribution is 0.102. The zero-order valence-electron chi connectivity index (χ0n) is 14.1. The fourth-order valence-corrected chi connectivity index (χ4v) is 2.92. The van der Waals surface area contributed by atoms with Gasteiger partial charge in [0.25, 0.3) is 0 Å². The third-order valence-electron chi connectivity index (χ3n) is 4.27. The number of hydrogen-bond acceptors (Lipinski definition) is 6. The van der Waals surface area contributed by atoms with Gasteiger partial charge >= 0.3 is 0 Å². The molecule has 1 aliphatic heterocycles. The fraction of sp³-hybridized carbons (Fsp3) is 0.688. The van der Waals surface area contributed by atoms with Crippen molar-refractivity contribution in [1.29, 1.82) is 0 Å². The van der Waals surface area contributed by atoms with Crippen LogP contribution < -0.4 is 4.90 Å². The van der Waals surface area contributed by atoms with Crippen LogP contribution in [-0.2, 0) is 11.2 Å². The molecular formula is C16H26N6O. The highest BCUT2D eigenvalue weighted by Crippen LogP contribution is 2.22. The first-order chi connectivity index (χ1) is 11.3. The van der Waals surface area contributed by atoms with Crippen molar-refractivity contribution < 1.29 is 4.74 Å². The monoisotopic (exact) mass is 318 g/mol. The molecule has 3 rings (SSSR count). The zero-order chi connectivity index (χ0) is 16.1. The molecule has 2 aromatic heterocycles. The summed E-state index contributed by atoms with van der Waals surface area (Å²) in [5, 5.41) is 12.8. The molecule has 1 fully saturated rings. The van der Waals surface area contributed by atoms with Crippen LogP contribution in [0.2, 0.25) is 0 Å². The van der Waals surface area contributed by atoms with Crippen molar-refractivity contribution in [2.75, 3.05) is 50.8 Å². The number of ether oxygens (including phenoxy) is 1. The van der Waals surface area contributed by atoms with Crippen molar-refractivity contribution in [1.82, 2.24) is 24.7 Å². The first-order valence-corrected chi connectivity index (χ1v) is 8.56. The summed E-state index contributed by atoms with van der Waals surface area (Å²) in [5.41, 5.74) is 3.07. The van der Waals surface area contributed by atoms with E-state index in [1.807, 2.05) is 0 Å². The summed E-state index contributed by atoms with van der Waals surface area (Å²) in [7, 11) is 0. The molecular weight excluding hydrogens is 292 g/mol. The largest absolute Gasteiger partial charge is 0.380 e. The molecule has 0 atom stereocenters. The van der Waals surface area contributed by atoms with Gasteiger partial charge in [-0.05, 0) is 18.9 Å². The molecule has 7 nitrogen and oxygen atoms in total. The third-order valence-corrected chi connectivity index (χ3v) is 4.27. The molecule has 0 N–H and O–H groups in total. The smallest absolute Gasteiger partial charge is 0.200 e. The quantitative estimate of drug-likeness (QED) is 0.716. The topological polar surface area (TPSA) is 58.8 Å². The summed E-state index contributed by atoms with van der Waals surface area (Å²) in [4.78, 5) is 4.86. The molecule has 1 saturated heterocycles. The van der Waals surface area contributed by atoms with E-state index in [-0.39, 0.29) is 0 Å². The molecule has 0 aromatic carbocycles. The van der Waals surface area contributed by atoms with Gasteiger partial charge in [-0.3, -0.25) is 4.90 Å². The molecule has 0 aliphatic carbocycles. The van der Waals surface area contributed by atoms with E-state index in [4.69, 9.17) is 4.74 Å². The lowest BCUT2D eigenvalue weighted by Gasteiger charge is -2.36. The first kappa shape index (κ1) is 16.1. The van der Waals surface area contributed by atoms with E-state index in [9.17, 15) is 0 Å². The number of piperazine rings is 1. The minimum absolute atomic E-state index is 0.831. The van der Waals surface area contributed by atoms with E-state index >= 15 is 0 Å². The summed E-state index contributed by atoms with van der Waals surface area (Å²) in [6.07, 6.45) is 3.68. The molecule has 3 heterocycles. The van der Waals surface area contributed by atoms with E-state index < -0.39 is 0 Å². The number of rotatable bonds is 7. The molecule has 0 radical (unpaired) electrons. The summed E-state index contributed by atoms with van der Waals surface area (Å²) >= 11 is 0. The van der Waals surface area contributed by atoms with Crippen LogP contribution in [0.5, 0.6) is 0 Å². The molecule has 0 amide bonds. The van der Waals surface area contributed by atoms with E-state index in [0.29, 0.717) is 0 Å². The second-order valence-electron chi connectivity index (χ2n) is 5.91. The van der Waals surface area contributed by atoms with Crippen LogP contribution in [0.1, 0.15) is 26.0 Å². The molecule has 1 aliphatic rings. The van der Waals surface area contributed by atoms with E-state index in [1.54, 1.807) is 10.8 Å². The molecule has 0 spiro atoms. The van der Waals surface area contributed by atoms with Gasteiger partial charge in [-0.15, -0.1) is 10.2 Å². The van der Waals surface area contributed by atoms with E-state index in [0.717, 1.165) is 75.8 Å². The van der Waals surface area contributed by atoms with Crippen LogP contribution >= 0.6 is 0 Å². The van der Waals surface area contributed by atoms with Crippen molar-refractivity contribution in [3.05, 3.63) is 18.1 Å². The molecule has 7 heteroatoms. The van der Waals surface area contributed by atoms with E-state index in [2.05, 4.69) is 45.0 Å². The van der Waals surface area contributed by atoms with Gasteiger partial charge in [0.2, 0.25) is 5.65 Å². The van der Waals surface area contributed by atoms with Crippen LogP contribution in [0.3, 0.4) is 0 Å². The highest BCUT2D eigenvalue weighted by Gasteiger charge is 2.20. The Morgan fingerprint density at radius 2 is 1.96 bits per heavy atom. The molecule has 2 aromatic rings. The second kappa shape index (κ2) is 7.70. The highest BCUT2D eigenvalue weighted by atomic mass is 16.5. The van der Waals surface area contributed by atoms with Gasteiger partial charge < -0.3 is 9.64 Å². The first-order valence-electron chi connectivity index (χ1n) is 8.56. The summed E-state index contributed by atoms with van der Waals surface area (Å²) in [6.45, 7) is 11.1. The Labute approximate surface area is 137 Å². The summed E-state index contributed by atoms with van der Waals surface area (Å²) in [5.74, 6) is 0. The maximum Gasteiger partial charge on any atom is 0.200 e. The second-order valence-corrected chi connectivity index (χ2v) is 5.91. The van der Waals surface area contributed by atoms with Crippen molar-refractivity contribution >= 4 is 11.3 Å². The van der Waals surface area contributed by atoms with Crippen LogP contribution in [0, 0.1) is 0 Å².